The fourth-order valence-corrected chi connectivity index (χ4v) is 2.10. The quantitative estimate of drug-likeness (QED) is 0.558. The average Bonchev–Trinajstić information content (AvgIpc) is 2.19. The molecule has 14 heavy (non-hydrogen) atoms. The Morgan fingerprint density at radius 1 is 1.14 bits per heavy atom. The summed E-state index contributed by atoms with van der Waals surface area (Å²) in [5.41, 5.74) is 0. The molecule has 0 aliphatic heterocycles. The standard InChI is InChI=1S/C12H27NS/c1-4-5-6-7-9-12(2)13-10-8-11-14-3/h12-13H,4-11H2,1-3H3/p+1/t12-/m0/s1. The van der Waals surface area contributed by atoms with Crippen LogP contribution >= 0.6 is 11.8 Å². The third-order valence-electron chi connectivity index (χ3n) is 2.63. The topological polar surface area (TPSA) is 16.6 Å². The predicted molar refractivity (Wildman–Crippen MR) is 68.0 cm³/mol. The van der Waals surface area contributed by atoms with Gasteiger partial charge in [0, 0.05) is 6.42 Å². The molecule has 0 bridgehead atoms. The smallest absolute Gasteiger partial charge is 0.0830 e. The molecular formula is C12H28NS+. The lowest BCUT2D eigenvalue weighted by Gasteiger charge is -2.09. The van der Waals surface area contributed by atoms with Crippen LogP contribution in [-0.4, -0.2) is 24.6 Å². The van der Waals surface area contributed by atoms with Crippen LogP contribution in [0.5, 0.6) is 0 Å². The lowest BCUT2D eigenvalue weighted by atomic mass is 10.1. The van der Waals surface area contributed by atoms with E-state index in [1.165, 1.54) is 50.8 Å². The second kappa shape index (κ2) is 11.4. The highest BCUT2D eigenvalue weighted by Crippen LogP contribution is 2.03. The van der Waals surface area contributed by atoms with E-state index in [9.17, 15) is 0 Å². The maximum absolute atomic E-state index is 2.52. The van der Waals surface area contributed by atoms with Crippen LogP contribution in [-0.2, 0) is 0 Å². The SMILES string of the molecule is CCCCCC[C@H](C)[NH2+]CCCSC. The zero-order valence-electron chi connectivity index (χ0n) is 10.2. The molecule has 86 valence electrons. The summed E-state index contributed by atoms with van der Waals surface area (Å²) in [5, 5.41) is 2.52. The number of quaternary nitrogens is 1. The third-order valence-corrected chi connectivity index (χ3v) is 3.33. The summed E-state index contributed by atoms with van der Waals surface area (Å²) in [6, 6.07) is 0.841. The minimum absolute atomic E-state index is 0.841. The van der Waals surface area contributed by atoms with E-state index < -0.39 is 0 Å². The van der Waals surface area contributed by atoms with Crippen molar-refractivity contribution in [1.82, 2.24) is 0 Å². The Morgan fingerprint density at radius 2 is 1.93 bits per heavy atom. The summed E-state index contributed by atoms with van der Waals surface area (Å²) >= 11 is 1.96. The van der Waals surface area contributed by atoms with Gasteiger partial charge in [-0.15, -0.1) is 0 Å². The molecule has 0 radical (unpaired) electrons. The number of nitrogens with two attached hydrogens (primary N) is 1. The van der Waals surface area contributed by atoms with Crippen LogP contribution in [0.2, 0.25) is 0 Å². The van der Waals surface area contributed by atoms with Gasteiger partial charge in [0.25, 0.3) is 0 Å². The number of hydrogen-bond acceptors (Lipinski definition) is 1. The van der Waals surface area contributed by atoms with Crippen molar-refractivity contribution >= 4 is 11.8 Å². The summed E-state index contributed by atoms with van der Waals surface area (Å²) in [6.45, 7) is 5.96. The van der Waals surface area contributed by atoms with Gasteiger partial charge in [-0.2, -0.15) is 11.8 Å². The highest BCUT2D eigenvalue weighted by Gasteiger charge is 2.03. The van der Waals surface area contributed by atoms with Crippen molar-refractivity contribution in [3.8, 4) is 0 Å². The molecule has 0 aliphatic rings. The second-order valence-corrected chi connectivity index (χ2v) is 5.18. The largest absolute Gasteiger partial charge is 0.344 e. The van der Waals surface area contributed by atoms with Crippen LogP contribution in [0, 0.1) is 0 Å². The van der Waals surface area contributed by atoms with E-state index in [1.807, 2.05) is 11.8 Å². The molecule has 0 amide bonds. The fraction of sp³-hybridized carbons (Fsp3) is 1.00. The van der Waals surface area contributed by atoms with E-state index in [1.54, 1.807) is 0 Å². The van der Waals surface area contributed by atoms with E-state index in [-0.39, 0.29) is 0 Å². The molecule has 0 rings (SSSR count). The summed E-state index contributed by atoms with van der Waals surface area (Å²) < 4.78 is 0. The van der Waals surface area contributed by atoms with E-state index in [0.29, 0.717) is 0 Å². The van der Waals surface area contributed by atoms with Crippen LogP contribution in [0.4, 0.5) is 0 Å². The molecule has 0 aromatic rings. The Labute approximate surface area is 94.4 Å². The van der Waals surface area contributed by atoms with E-state index in [0.717, 1.165) is 6.04 Å². The first-order valence-electron chi connectivity index (χ1n) is 6.13. The van der Waals surface area contributed by atoms with Crippen LogP contribution in [0.1, 0.15) is 52.4 Å². The van der Waals surface area contributed by atoms with Gasteiger partial charge in [0.2, 0.25) is 0 Å². The van der Waals surface area contributed by atoms with Gasteiger partial charge in [0.05, 0.1) is 12.6 Å². The van der Waals surface area contributed by atoms with Gasteiger partial charge in [-0.25, -0.2) is 0 Å². The van der Waals surface area contributed by atoms with Crippen molar-refractivity contribution in [1.29, 1.82) is 0 Å². The second-order valence-electron chi connectivity index (χ2n) is 4.20. The monoisotopic (exact) mass is 218 g/mol. The molecule has 0 saturated heterocycles. The molecule has 0 aliphatic carbocycles. The average molecular weight is 218 g/mol. The minimum atomic E-state index is 0.841. The Morgan fingerprint density at radius 3 is 2.57 bits per heavy atom. The van der Waals surface area contributed by atoms with Gasteiger partial charge in [0.1, 0.15) is 0 Å². The highest BCUT2D eigenvalue weighted by molar-refractivity contribution is 7.98. The first-order valence-corrected chi connectivity index (χ1v) is 7.53. The van der Waals surface area contributed by atoms with Crippen LogP contribution in [0.15, 0.2) is 0 Å². The van der Waals surface area contributed by atoms with E-state index in [4.69, 9.17) is 0 Å². The molecule has 2 heteroatoms. The van der Waals surface area contributed by atoms with Gasteiger partial charge in [-0.3, -0.25) is 0 Å². The number of unbranched alkanes of at least 4 members (excludes halogenated alkanes) is 3. The first kappa shape index (κ1) is 14.3. The molecule has 2 N–H and O–H groups in total. The summed E-state index contributed by atoms with van der Waals surface area (Å²) in [4.78, 5) is 0. The van der Waals surface area contributed by atoms with Crippen LogP contribution in [0.25, 0.3) is 0 Å². The van der Waals surface area contributed by atoms with Crippen molar-refractivity contribution < 1.29 is 5.32 Å². The maximum Gasteiger partial charge on any atom is 0.0830 e. The van der Waals surface area contributed by atoms with Crippen molar-refractivity contribution in [2.45, 2.75) is 58.4 Å². The Bertz CT molecular complexity index is 94.5. The highest BCUT2D eigenvalue weighted by atomic mass is 32.2. The third kappa shape index (κ3) is 10.4. The molecule has 0 unspecified atom stereocenters. The molecule has 0 fully saturated rings. The number of thioether (sulfide) groups is 1. The molecule has 0 spiro atoms. The van der Waals surface area contributed by atoms with Crippen LogP contribution in [0.3, 0.4) is 0 Å². The predicted octanol–water partition coefficient (Wildman–Crippen LogP) is 2.66. The van der Waals surface area contributed by atoms with E-state index >= 15 is 0 Å². The normalized spacial score (nSPS) is 13.1. The molecule has 0 aromatic heterocycles. The van der Waals surface area contributed by atoms with E-state index in [2.05, 4.69) is 25.4 Å². The zero-order chi connectivity index (χ0) is 10.6. The van der Waals surface area contributed by atoms with Crippen molar-refractivity contribution in [2.75, 3.05) is 18.6 Å². The molecular weight excluding hydrogens is 190 g/mol. The van der Waals surface area contributed by atoms with Crippen molar-refractivity contribution in [3.05, 3.63) is 0 Å². The molecule has 0 saturated carbocycles. The van der Waals surface area contributed by atoms with Gasteiger partial charge in [0.15, 0.2) is 0 Å². The number of hydrogen-bond donors (Lipinski definition) is 1. The summed E-state index contributed by atoms with van der Waals surface area (Å²) in [5.74, 6) is 1.32. The minimum Gasteiger partial charge on any atom is -0.344 e. The maximum atomic E-state index is 2.52. The van der Waals surface area contributed by atoms with Gasteiger partial charge < -0.3 is 5.32 Å². The number of rotatable bonds is 10. The van der Waals surface area contributed by atoms with Crippen LogP contribution < -0.4 is 5.32 Å². The van der Waals surface area contributed by atoms with Gasteiger partial charge in [-0.1, -0.05) is 26.2 Å². The fourth-order valence-electron chi connectivity index (χ4n) is 1.64. The summed E-state index contributed by atoms with van der Waals surface area (Å²) in [7, 11) is 0. The van der Waals surface area contributed by atoms with Gasteiger partial charge in [-0.05, 0) is 31.8 Å². The zero-order valence-corrected chi connectivity index (χ0v) is 11.0. The van der Waals surface area contributed by atoms with Crippen molar-refractivity contribution in [2.24, 2.45) is 0 Å². The molecule has 0 aromatic carbocycles. The lowest BCUT2D eigenvalue weighted by Crippen LogP contribution is -2.89. The van der Waals surface area contributed by atoms with Gasteiger partial charge >= 0.3 is 0 Å². The molecule has 0 heterocycles. The summed E-state index contributed by atoms with van der Waals surface area (Å²) in [6.07, 6.45) is 10.6. The molecule has 1 atom stereocenters. The Kier molecular flexibility index (Phi) is 11.6. The molecule has 1 nitrogen and oxygen atoms in total. The Balaban J connectivity index is 3.07. The first-order chi connectivity index (χ1) is 6.81. The Hall–Kier alpha value is 0.310. The van der Waals surface area contributed by atoms with Crippen molar-refractivity contribution in [3.63, 3.8) is 0 Å². The lowest BCUT2D eigenvalue weighted by molar-refractivity contribution is -0.686.